The van der Waals surface area contributed by atoms with Crippen LogP contribution in [0.1, 0.15) is 5.56 Å². The molecule has 152 valence electrons. The molecule has 1 amide bonds. The van der Waals surface area contributed by atoms with E-state index in [1.807, 2.05) is 77.5 Å². The summed E-state index contributed by atoms with van der Waals surface area (Å²) in [5.74, 6) is -0.116. The monoisotopic (exact) mass is 408 g/mol. The molecule has 0 aliphatic rings. The minimum Gasteiger partial charge on any atom is -0.350 e. The van der Waals surface area contributed by atoms with Gasteiger partial charge in [0.15, 0.2) is 5.43 Å². The summed E-state index contributed by atoms with van der Waals surface area (Å²) < 4.78 is 3.69. The molecule has 3 aromatic carbocycles. The quantitative estimate of drug-likeness (QED) is 0.451. The Kier molecular flexibility index (Phi) is 4.80. The number of hydrogen-bond acceptors (Lipinski definition) is 3. The van der Waals surface area contributed by atoms with Gasteiger partial charge < -0.3 is 9.88 Å². The van der Waals surface area contributed by atoms with Gasteiger partial charge in [0.1, 0.15) is 6.54 Å². The Morgan fingerprint density at radius 3 is 2.10 bits per heavy atom. The minimum absolute atomic E-state index is 0.0138. The summed E-state index contributed by atoms with van der Waals surface area (Å²) in [4.78, 5) is 25.6. The first-order valence-corrected chi connectivity index (χ1v) is 10.1. The van der Waals surface area contributed by atoms with E-state index in [1.54, 1.807) is 23.0 Å². The molecule has 5 rings (SSSR count). The molecule has 31 heavy (non-hydrogen) atoms. The number of fused-ring (bicyclic) bond motifs is 2. The zero-order chi connectivity index (χ0) is 21.2. The molecule has 1 N–H and O–H groups in total. The Hall–Kier alpha value is -4.19. The molecule has 0 spiro atoms. The Morgan fingerprint density at radius 1 is 0.839 bits per heavy atom. The van der Waals surface area contributed by atoms with Crippen LogP contribution in [0.3, 0.4) is 0 Å². The molecule has 0 saturated carbocycles. The summed E-state index contributed by atoms with van der Waals surface area (Å²) in [5.41, 5.74) is 3.46. The van der Waals surface area contributed by atoms with E-state index < -0.39 is 0 Å². The van der Waals surface area contributed by atoms with E-state index in [4.69, 9.17) is 0 Å². The Bertz CT molecular complexity index is 1370. The smallest absolute Gasteiger partial charge is 0.240 e. The second-order valence-corrected chi connectivity index (χ2v) is 7.34. The molecule has 0 aliphatic heterocycles. The van der Waals surface area contributed by atoms with Gasteiger partial charge in [-0.05, 0) is 48.0 Å². The topological polar surface area (TPSA) is 68.9 Å². The van der Waals surface area contributed by atoms with Crippen molar-refractivity contribution in [2.24, 2.45) is 0 Å². The lowest BCUT2D eigenvalue weighted by molar-refractivity contribution is -0.121. The summed E-state index contributed by atoms with van der Waals surface area (Å²) >= 11 is 0. The van der Waals surface area contributed by atoms with Crippen molar-refractivity contribution in [3.05, 3.63) is 107 Å². The average Bonchev–Trinajstić information content (AvgIpc) is 3.36. The number of carbonyl (C=O) groups excluding carboxylic acids is 1. The van der Waals surface area contributed by atoms with Gasteiger partial charge in [0, 0.05) is 29.7 Å². The molecule has 0 unspecified atom stereocenters. The van der Waals surface area contributed by atoms with Crippen LogP contribution in [0, 0.1) is 0 Å². The maximum absolute atomic E-state index is 12.8. The number of para-hydroxylation sites is 2. The van der Waals surface area contributed by atoms with E-state index in [2.05, 4.69) is 10.4 Å². The first-order valence-electron chi connectivity index (χ1n) is 10.1. The zero-order valence-corrected chi connectivity index (χ0v) is 16.7. The van der Waals surface area contributed by atoms with Crippen LogP contribution in [-0.4, -0.2) is 20.3 Å². The van der Waals surface area contributed by atoms with Crippen molar-refractivity contribution in [2.45, 2.75) is 13.1 Å². The lowest BCUT2D eigenvalue weighted by Gasteiger charge is -2.15. The van der Waals surface area contributed by atoms with Gasteiger partial charge in [-0.15, -0.1) is 0 Å². The molecule has 2 heterocycles. The largest absolute Gasteiger partial charge is 0.350 e. The summed E-state index contributed by atoms with van der Waals surface area (Å²) in [6.45, 7) is 0.557. The third-order valence-electron chi connectivity index (χ3n) is 5.38. The fourth-order valence-corrected chi connectivity index (χ4v) is 3.84. The molecule has 2 aromatic heterocycles. The second kappa shape index (κ2) is 7.91. The highest BCUT2D eigenvalue weighted by molar-refractivity contribution is 5.94. The second-order valence-electron chi connectivity index (χ2n) is 7.34. The molecule has 0 radical (unpaired) electrons. The summed E-state index contributed by atoms with van der Waals surface area (Å²) in [7, 11) is 0. The van der Waals surface area contributed by atoms with Gasteiger partial charge in [-0.3, -0.25) is 9.59 Å². The first kappa shape index (κ1) is 18.8. The van der Waals surface area contributed by atoms with Crippen LogP contribution < -0.4 is 10.7 Å². The standard InChI is InChI=1S/C25H20N4O2/c30-24(26-16-18-10-12-19(13-11-18)29-15-5-14-27-29)17-28-22-8-3-1-6-20(22)25(31)21-7-2-4-9-23(21)28/h1-15H,16-17H2,(H,26,30). The summed E-state index contributed by atoms with van der Waals surface area (Å²) in [6.07, 6.45) is 3.62. The van der Waals surface area contributed by atoms with Crippen LogP contribution in [-0.2, 0) is 17.9 Å². The maximum Gasteiger partial charge on any atom is 0.240 e. The molecular weight excluding hydrogens is 388 g/mol. The average molecular weight is 408 g/mol. The molecule has 6 heteroatoms. The van der Waals surface area contributed by atoms with Crippen LogP contribution in [0.25, 0.3) is 27.5 Å². The summed E-state index contributed by atoms with van der Waals surface area (Å²) in [5, 5.41) is 8.43. The summed E-state index contributed by atoms with van der Waals surface area (Å²) in [6, 6.07) is 24.6. The lowest BCUT2D eigenvalue weighted by atomic mass is 10.1. The van der Waals surface area contributed by atoms with Crippen molar-refractivity contribution < 1.29 is 4.79 Å². The highest BCUT2D eigenvalue weighted by Crippen LogP contribution is 2.19. The van der Waals surface area contributed by atoms with Gasteiger partial charge in [0.25, 0.3) is 0 Å². The predicted molar refractivity (Wildman–Crippen MR) is 121 cm³/mol. The van der Waals surface area contributed by atoms with E-state index in [0.29, 0.717) is 17.3 Å². The van der Waals surface area contributed by atoms with Crippen LogP contribution >= 0.6 is 0 Å². The molecule has 6 nitrogen and oxygen atoms in total. The van der Waals surface area contributed by atoms with E-state index in [1.165, 1.54) is 0 Å². The van der Waals surface area contributed by atoms with Crippen LogP contribution in [0.4, 0.5) is 0 Å². The number of amides is 1. The minimum atomic E-state index is -0.116. The van der Waals surface area contributed by atoms with Crippen molar-refractivity contribution >= 4 is 27.7 Å². The third kappa shape index (κ3) is 3.59. The van der Waals surface area contributed by atoms with Gasteiger partial charge in [0.2, 0.25) is 5.91 Å². The molecule has 5 aromatic rings. The van der Waals surface area contributed by atoms with Crippen LogP contribution in [0.2, 0.25) is 0 Å². The van der Waals surface area contributed by atoms with E-state index in [-0.39, 0.29) is 17.9 Å². The number of benzene rings is 3. The molecule has 0 atom stereocenters. The normalized spacial score (nSPS) is 11.1. The van der Waals surface area contributed by atoms with Crippen LogP contribution in [0.15, 0.2) is 96.1 Å². The van der Waals surface area contributed by atoms with Gasteiger partial charge in [-0.2, -0.15) is 5.10 Å². The number of rotatable bonds is 5. The zero-order valence-electron chi connectivity index (χ0n) is 16.7. The Labute approximate surface area is 178 Å². The molecule has 0 saturated heterocycles. The number of nitrogens with one attached hydrogen (secondary N) is 1. The fraction of sp³-hybridized carbons (Fsp3) is 0.0800. The number of aromatic nitrogens is 3. The Balaban J connectivity index is 1.38. The molecule has 0 bridgehead atoms. The number of carbonyl (C=O) groups is 1. The van der Waals surface area contributed by atoms with Crippen molar-refractivity contribution in [3.63, 3.8) is 0 Å². The fourth-order valence-electron chi connectivity index (χ4n) is 3.84. The number of nitrogens with zero attached hydrogens (tertiary/aromatic N) is 3. The van der Waals surface area contributed by atoms with Gasteiger partial charge in [-0.25, -0.2) is 4.68 Å². The van der Waals surface area contributed by atoms with Crippen molar-refractivity contribution in [3.8, 4) is 5.69 Å². The van der Waals surface area contributed by atoms with Crippen LogP contribution in [0.5, 0.6) is 0 Å². The molecular formula is C25H20N4O2. The number of hydrogen-bond donors (Lipinski definition) is 1. The van der Waals surface area contributed by atoms with Crippen molar-refractivity contribution in [1.82, 2.24) is 19.7 Å². The first-order chi connectivity index (χ1) is 15.2. The Morgan fingerprint density at radius 2 is 1.48 bits per heavy atom. The van der Waals surface area contributed by atoms with Crippen molar-refractivity contribution in [2.75, 3.05) is 0 Å². The highest BCUT2D eigenvalue weighted by atomic mass is 16.2. The highest BCUT2D eigenvalue weighted by Gasteiger charge is 2.12. The van der Waals surface area contributed by atoms with Gasteiger partial charge in [0.05, 0.1) is 16.7 Å². The molecule has 0 aliphatic carbocycles. The maximum atomic E-state index is 12.8. The van der Waals surface area contributed by atoms with E-state index in [0.717, 1.165) is 22.3 Å². The van der Waals surface area contributed by atoms with Gasteiger partial charge >= 0.3 is 0 Å². The SMILES string of the molecule is O=C(Cn1c2ccccc2c(=O)c2ccccc21)NCc1ccc(-n2cccn2)cc1. The predicted octanol–water partition coefficient (Wildman–Crippen LogP) is 3.66. The van der Waals surface area contributed by atoms with Gasteiger partial charge in [-0.1, -0.05) is 36.4 Å². The van der Waals surface area contributed by atoms with Crippen molar-refractivity contribution in [1.29, 1.82) is 0 Å². The third-order valence-corrected chi connectivity index (χ3v) is 5.38. The van der Waals surface area contributed by atoms with E-state index in [9.17, 15) is 9.59 Å². The van der Waals surface area contributed by atoms with E-state index >= 15 is 0 Å². The lowest BCUT2D eigenvalue weighted by Crippen LogP contribution is -2.28. The number of pyridine rings is 1. The molecule has 0 fully saturated rings.